The molecule has 1 aromatic carbocycles. The zero-order valence-corrected chi connectivity index (χ0v) is 9.63. The largest absolute Gasteiger partial charge is 0.302 e. The van der Waals surface area contributed by atoms with Gasteiger partial charge in [0.1, 0.15) is 5.82 Å². The molecule has 0 aromatic heterocycles. The molecule has 5 heteroatoms. The van der Waals surface area contributed by atoms with Gasteiger partial charge in [0.15, 0.2) is 0 Å². The molecule has 0 unspecified atom stereocenters. The number of halogens is 2. The van der Waals surface area contributed by atoms with E-state index in [1.807, 2.05) is 0 Å². The van der Waals surface area contributed by atoms with Gasteiger partial charge in [-0.25, -0.2) is 4.39 Å². The van der Waals surface area contributed by atoms with Gasteiger partial charge in [-0.05, 0) is 18.6 Å². The SMILES string of the molecule is C=CCCN1C(=O)C(=O)c2c(Cl)ccc(F)c21. The summed E-state index contributed by atoms with van der Waals surface area (Å²) >= 11 is 5.81. The number of anilines is 1. The summed E-state index contributed by atoms with van der Waals surface area (Å²) < 4.78 is 13.7. The number of ketones is 1. The second-order valence-corrected chi connectivity index (χ2v) is 4.02. The molecule has 0 N–H and O–H groups in total. The fraction of sp³-hybridized carbons (Fsp3) is 0.167. The Morgan fingerprint density at radius 3 is 2.76 bits per heavy atom. The number of amides is 1. The van der Waals surface area contributed by atoms with Crippen molar-refractivity contribution in [1.29, 1.82) is 0 Å². The summed E-state index contributed by atoms with van der Waals surface area (Å²) in [4.78, 5) is 24.5. The van der Waals surface area contributed by atoms with E-state index >= 15 is 0 Å². The van der Waals surface area contributed by atoms with Gasteiger partial charge in [0.05, 0.1) is 16.3 Å². The lowest BCUT2D eigenvalue weighted by atomic mass is 10.1. The molecule has 1 heterocycles. The number of hydrogen-bond donors (Lipinski definition) is 0. The summed E-state index contributed by atoms with van der Waals surface area (Å²) in [7, 11) is 0. The van der Waals surface area contributed by atoms with Crippen molar-refractivity contribution in [1.82, 2.24) is 0 Å². The molecule has 3 nitrogen and oxygen atoms in total. The predicted molar refractivity (Wildman–Crippen MR) is 62.9 cm³/mol. The van der Waals surface area contributed by atoms with E-state index in [-0.39, 0.29) is 22.8 Å². The lowest BCUT2D eigenvalue weighted by Gasteiger charge is -2.15. The van der Waals surface area contributed by atoms with Crippen LogP contribution < -0.4 is 4.90 Å². The second-order valence-electron chi connectivity index (χ2n) is 3.62. The first-order chi connectivity index (χ1) is 8.07. The molecule has 0 saturated carbocycles. The monoisotopic (exact) mass is 253 g/mol. The molecule has 0 saturated heterocycles. The Kier molecular flexibility index (Phi) is 2.98. The molecule has 17 heavy (non-hydrogen) atoms. The quantitative estimate of drug-likeness (QED) is 0.613. The van der Waals surface area contributed by atoms with Gasteiger partial charge in [-0.15, -0.1) is 6.58 Å². The summed E-state index contributed by atoms with van der Waals surface area (Å²) in [5.41, 5.74) is -0.0601. The molecule has 0 spiro atoms. The molecule has 88 valence electrons. The van der Waals surface area contributed by atoms with Crippen LogP contribution in [0.5, 0.6) is 0 Å². The van der Waals surface area contributed by atoms with E-state index in [4.69, 9.17) is 11.6 Å². The fourth-order valence-electron chi connectivity index (χ4n) is 1.79. The Hall–Kier alpha value is -1.68. The zero-order valence-electron chi connectivity index (χ0n) is 8.87. The van der Waals surface area contributed by atoms with Gasteiger partial charge in [-0.3, -0.25) is 9.59 Å². The van der Waals surface area contributed by atoms with Gasteiger partial charge in [0.2, 0.25) is 0 Å². The minimum absolute atomic E-state index is 0.0191. The van der Waals surface area contributed by atoms with E-state index in [1.54, 1.807) is 6.08 Å². The maximum Gasteiger partial charge on any atom is 0.299 e. The molecule has 0 aliphatic carbocycles. The summed E-state index contributed by atoms with van der Waals surface area (Å²) in [5.74, 6) is -2.12. The molecular weight excluding hydrogens is 245 g/mol. The van der Waals surface area contributed by atoms with E-state index in [9.17, 15) is 14.0 Å². The minimum atomic E-state index is -0.756. The summed E-state index contributed by atoms with van der Waals surface area (Å²) in [6.07, 6.45) is 2.07. The van der Waals surface area contributed by atoms with Crippen molar-refractivity contribution in [2.75, 3.05) is 11.4 Å². The molecule has 1 aromatic rings. The average Bonchev–Trinajstić information content (AvgIpc) is 2.56. The first-order valence-electron chi connectivity index (χ1n) is 5.03. The first kappa shape index (κ1) is 11.8. The van der Waals surface area contributed by atoms with Gasteiger partial charge in [-0.2, -0.15) is 0 Å². The molecular formula is C12H9ClFNO2. The van der Waals surface area contributed by atoms with E-state index < -0.39 is 17.5 Å². The minimum Gasteiger partial charge on any atom is -0.302 e. The van der Waals surface area contributed by atoms with Crippen molar-refractivity contribution in [2.24, 2.45) is 0 Å². The van der Waals surface area contributed by atoms with Crippen molar-refractivity contribution in [2.45, 2.75) is 6.42 Å². The molecule has 1 aliphatic heterocycles. The number of benzene rings is 1. The maximum absolute atomic E-state index is 13.7. The first-order valence-corrected chi connectivity index (χ1v) is 5.40. The van der Waals surface area contributed by atoms with Crippen molar-refractivity contribution in [3.05, 3.63) is 41.2 Å². The third-order valence-corrected chi connectivity index (χ3v) is 2.89. The highest BCUT2D eigenvalue weighted by Gasteiger charge is 2.39. The van der Waals surface area contributed by atoms with Crippen LogP contribution in [-0.4, -0.2) is 18.2 Å². The molecule has 0 bridgehead atoms. The van der Waals surface area contributed by atoms with Crippen molar-refractivity contribution < 1.29 is 14.0 Å². The van der Waals surface area contributed by atoms with Crippen molar-refractivity contribution >= 4 is 29.0 Å². The normalized spacial score (nSPS) is 14.1. The maximum atomic E-state index is 13.7. The van der Waals surface area contributed by atoms with Crippen LogP contribution in [0.1, 0.15) is 16.8 Å². The van der Waals surface area contributed by atoms with Crippen LogP contribution in [-0.2, 0) is 4.79 Å². The van der Waals surface area contributed by atoms with Crippen LogP contribution in [0.3, 0.4) is 0 Å². The Morgan fingerprint density at radius 2 is 2.12 bits per heavy atom. The van der Waals surface area contributed by atoms with Gasteiger partial charge in [-0.1, -0.05) is 17.7 Å². The number of carbonyl (C=O) groups excluding carboxylic acids is 2. The van der Waals surface area contributed by atoms with E-state index in [2.05, 4.69) is 6.58 Å². The zero-order chi connectivity index (χ0) is 12.6. The number of hydrogen-bond acceptors (Lipinski definition) is 2. The molecule has 0 atom stereocenters. The van der Waals surface area contributed by atoms with E-state index in [0.29, 0.717) is 6.42 Å². The fourth-order valence-corrected chi connectivity index (χ4v) is 2.02. The van der Waals surface area contributed by atoms with Crippen LogP contribution in [0, 0.1) is 5.82 Å². The van der Waals surface area contributed by atoms with Crippen LogP contribution in [0.4, 0.5) is 10.1 Å². The van der Waals surface area contributed by atoms with Crippen molar-refractivity contribution in [3.63, 3.8) is 0 Å². The second kappa shape index (κ2) is 4.30. The van der Waals surface area contributed by atoms with Gasteiger partial charge >= 0.3 is 0 Å². The molecule has 1 aliphatic rings. The lowest BCUT2D eigenvalue weighted by Crippen LogP contribution is -2.30. The van der Waals surface area contributed by atoms with E-state index in [0.717, 1.165) is 11.0 Å². The average molecular weight is 254 g/mol. The van der Waals surface area contributed by atoms with Crippen LogP contribution in [0.2, 0.25) is 5.02 Å². The van der Waals surface area contributed by atoms with Crippen molar-refractivity contribution in [3.8, 4) is 0 Å². The Morgan fingerprint density at radius 1 is 1.41 bits per heavy atom. The number of carbonyl (C=O) groups is 2. The molecule has 0 radical (unpaired) electrons. The van der Waals surface area contributed by atoms with Crippen LogP contribution in [0.25, 0.3) is 0 Å². The Labute approximate surface area is 102 Å². The predicted octanol–water partition coefficient (Wildman–Crippen LogP) is 2.58. The summed E-state index contributed by atoms with van der Waals surface area (Å²) in [6.45, 7) is 3.74. The Bertz CT molecular complexity index is 527. The number of rotatable bonds is 3. The van der Waals surface area contributed by atoms with Crippen LogP contribution in [0.15, 0.2) is 24.8 Å². The highest BCUT2D eigenvalue weighted by Crippen LogP contribution is 2.36. The highest BCUT2D eigenvalue weighted by molar-refractivity contribution is 6.55. The van der Waals surface area contributed by atoms with Gasteiger partial charge in [0.25, 0.3) is 11.7 Å². The molecule has 1 amide bonds. The van der Waals surface area contributed by atoms with E-state index in [1.165, 1.54) is 6.07 Å². The molecule has 2 rings (SSSR count). The third-order valence-electron chi connectivity index (χ3n) is 2.57. The highest BCUT2D eigenvalue weighted by atomic mass is 35.5. The summed E-state index contributed by atoms with van der Waals surface area (Å²) in [6, 6.07) is 2.42. The lowest BCUT2D eigenvalue weighted by molar-refractivity contribution is -0.114. The standard InChI is InChI=1S/C12H9ClFNO2/c1-2-3-6-15-10-8(14)5-4-7(13)9(10)11(16)12(15)17/h2,4-5H,1,3,6H2. The topological polar surface area (TPSA) is 37.4 Å². The third kappa shape index (κ3) is 1.74. The van der Waals surface area contributed by atoms with Gasteiger partial charge in [0, 0.05) is 6.54 Å². The summed E-state index contributed by atoms with van der Waals surface area (Å²) in [5, 5.41) is 0.0980. The Balaban J connectivity index is 2.55. The number of fused-ring (bicyclic) bond motifs is 1. The van der Waals surface area contributed by atoms with Gasteiger partial charge < -0.3 is 4.90 Å². The number of nitrogens with zero attached hydrogens (tertiary/aromatic N) is 1. The number of Topliss-reactive ketones (excluding diaryl/α,β-unsaturated/α-hetero) is 1. The van der Waals surface area contributed by atoms with Crippen LogP contribution >= 0.6 is 11.6 Å². The molecule has 0 fully saturated rings. The smallest absolute Gasteiger partial charge is 0.299 e.